The van der Waals surface area contributed by atoms with Gasteiger partial charge in [0.25, 0.3) is 10.0 Å². The first-order valence-electron chi connectivity index (χ1n) is 6.69. The van der Waals surface area contributed by atoms with Crippen molar-refractivity contribution in [2.24, 2.45) is 0 Å². The first kappa shape index (κ1) is 16.8. The van der Waals surface area contributed by atoms with E-state index in [0.717, 1.165) is 17.2 Å². The lowest BCUT2D eigenvalue weighted by atomic mass is 10.0. The Labute approximate surface area is 135 Å². The maximum atomic E-state index is 13.8. The van der Waals surface area contributed by atoms with Crippen LogP contribution in [0, 0.1) is 33.5 Å². The molecular weight excluding hydrogens is 325 g/mol. The van der Waals surface area contributed by atoms with Crippen LogP contribution in [0.5, 0.6) is 0 Å². The summed E-state index contributed by atoms with van der Waals surface area (Å²) in [5, 5.41) is 0.0169. The molecule has 2 aromatic carbocycles. The van der Waals surface area contributed by atoms with Crippen LogP contribution in [0.1, 0.15) is 22.3 Å². The molecule has 0 aliphatic carbocycles. The minimum atomic E-state index is -3.94. The Morgan fingerprint density at radius 2 is 1.59 bits per heavy atom. The predicted molar refractivity (Wildman–Crippen MR) is 87.6 cm³/mol. The van der Waals surface area contributed by atoms with Gasteiger partial charge in [-0.1, -0.05) is 23.7 Å². The third kappa shape index (κ3) is 2.96. The van der Waals surface area contributed by atoms with E-state index in [-0.39, 0.29) is 15.6 Å². The van der Waals surface area contributed by atoms with Crippen LogP contribution in [0.3, 0.4) is 0 Å². The van der Waals surface area contributed by atoms with Gasteiger partial charge in [0.2, 0.25) is 0 Å². The number of anilines is 1. The summed E-state index contributed by atoms with van der Waals surface area (Å²) in [6, 6.07) is 5.94. The van der Waals surface area contributed by atoms with Gasteiger partial charge in [0.05, 0.1) is 9.92 Å². The zero-order valence-electron chi connectivity index (χ0n) is 12.8. The third-order valence-electron chi connectivity index (χ3n) is 3.77. The van der Waals surface area contributed by atoms with Crippen molar-refractivity contribution in [2.75, 3.05) is 4.72 Å². The molecule has 0 bridgehead atoms. The van der Waals surface area contributed by atoms with Crippen molar-refractivity contribution in [3.63, 3.8) is 0 Å². The number of aryl methyl sites for hydroxylation is 2. The van der Waals surface area contributed by atoms with Crippen molar-refractivity contribution in [3.8, 4) is 0 Å². The lowest BCUT2D eigenvalue weighted by Gasteiger charge is -2.17. The molecule has 2 rings (SSSR count). The van der Waals surface area contributed by atoms with Crippen LogP contribution >= 0.6 is 11.6 Å². The van der Waals surface area contributed by atoms with E-state index in [1.165, 1.54) is 12.1 Å². The molecular formula is C16H17ClFNO2S. The van der Waals surface area contributed by atoms with Gasteiger partial charge in [-0.2, -0.15) is 0 Å². The minimum absolute atomic E-state index is 0.0169. The van der Waals surface area contributed by atoms with E-state index in [9.17, 15) is 12.8 Å². The standard InChI is InChI=1S/C16H17ClFNO2S/c1-9-8-10(2)12(4)16(11(9)3)22(20,21)19-15-13(17)6-5-7-14(15)18/h5-8,19H,1-4H3. The summed E-state index contributed by atoms with van der Waals surface area (Å²) < 4.78 is 41.5. The highest BCUT2D eigenvalue weighted by atomic mass is 35.5. The molecule has 1 N–H and O–H groups in total. The summed E-state index contributed by atoms with van der Waals surface area (Å²) in [7, 11) is -3.94. The maximum absolute atomic E-state index is 13.8. The Bertz CT molecular complexity index is 801. The Kier molecular flexibility index (Phi) is 4.49. The molecule has 6 heteroatoms. The number of hydrogen-bond acceptors (Lipinski definition) is 2. The van der Waals surface area contributed by atoms with Gasteiger partial charge < -0.3 is 0 Å². The van der Waals surface area contributed by atoms with Gasteiger partial charge in [-0.05, 0) is 62.1 Å². The number of rotatable bonds is 3. The molecule has 0 aliphatic heterocycles. The van der Waals surface area contributed by atoms with E-state index in [0.29, 0.717) is 11.1 Å². The molecule has 0 unspecified atom stereocenters. The van der Waals surface area contributed by atoms with E-state index in [4.69, 9.17) is 11.6 Å². The lowest BCUT2D eigenvalue weighted by molar-refractivity contribution is 0.597. The van der Waals surface area contributed by atoms with Crippen LogP contribution < -0.4 is 4.72 Å². The van der Waals surface area contributed by atoms with Crippen molar-refractivity contribution < 1.29 is 12.8 Å². The molecule has 0 radical (unpaired) electrons. The topological polar surface area (TPSA) is 46.2 Å². The van der Waals surface area contributed by atoms with E-state index < -0.39 is 15.8 Å². The molecule has 0 aromatic heterocycles. The first-order chi connectivity index (χ1) is 10.1. The normalized spacial score (nSPS) is 11.5. The van der Waals surface area contributed by atoms with E-state index in [1.54, 1.807) is 13.8 Å². The average molecular weight is 342 g/mol. The zero-order valence-corrected chi connectivity index (χ0v) is 14.4. The number of sulfonamides is 1. The summed E-state index contributed by atoms with van der Waals surface area (Å²) in [5.41, 5.74) is 2.78. The fourth-order valence-electron chi connectivity index (χ4n) is 2.36. The second-order valence-electron chi connectivity index (χ2n) is 5.29. The molecule has 0 saturated carbocycles. The molecule has 0 heterocycles. The largest absolute Gasteiger partial charge is 0.275 e. The summed E-state index contributed by atoms with van der Waals surface area (Å²) in [6.45, 7) is 7.16. The van der Waals surface area contributed by atoms with Crippen molar-refractivity contribution in [3.05, 3.63) is 57.4 Å². The van der Waals surface area contributed by atoms with E-state index >= 15 is 0 Å². The van der Waals surface area contributed by atoms with Gasteiger partial charge in [0.1, 0.15) is 11.5 Å². The number of nitrogens with one attached hydrogen (secondary N) is 1. The highest BCUT2D eigenvalue weighted by Gasteiger charge is 2.24. The number of benzene rings is 2. The van der Waals surface area contributed by atoms with Crippen molar-refractivity contribution in [2.45, 2.75) is 32.6 Å². The molecule has 22 heavy (non-hydrogen) atoms. The predicted octanol–water partition coefficient (Wildman–Crippen LogP) is 4.51. The molecule has 0 fully saturated rings. The van der Waals surface area contributed by atoms with Crippen molar-refractivity contribution in [1.82, 2.24) is 0 Å². The number of para-hydroxylation sites is 1. The second-order valence-corrected chi connectivity index (χ2v) is 7.32. The average Bonchev–Trinajstić information content (AvgIpc) is 2.41. The molecule has 118 valence electrons. The Balaban J connectivity index is 2.63. The maximum Gasteiger partial charge on any atom is 0.262 e. The van der Waals surface area contributed by atoms with E-state index in [2.05, 4.69) is 4.72 Å². The number of hydrogen-bond donors (Lipinski definition) is 1. The monoisotopic (exact) mass is 341 g/mol. The zero-order chi connectivity index (χ0) is 16.7. The van der Waals surface area contributed by atoms with Crippen molar-refractivity contribution >= 4 is 27.3 Å². The van der Waals surface area contributed by atoms with Crippen molar-refractivity contribution in [1.29, 1.82) is 0 Å². The molecule has 0 atom stereocenters. The fraction of sp³-hybridized carbons (Fsp3) is 0.250. The SMILES string of the molecule is Cc1cc(C)c(C)c(S(=O)(=O)Nc2c(F)cccc2Cl)c1C. The fourth-order valence-corrected chi connectivity index (χ4v) is 4.34. The second kappa shape index (κ2) is 5.89. The highest BCUT2D eigenvalue weighted by Crippen LogP contribution is 2.31. The van der Waals surface area contributed by atoms with Gasteiger partial charge in [-0.15, -0.1) is 0 Å². The molecule has 0 amide bonds. The van der Waals surface area contributed by atoms with Crippen LogP contribution in [0.4, 0.5) is 10.1 Å². The summed E-state index contributed by atoms with van der Waals surface area (Å²) >= 11 is 5.90. The van der Waals surface area contributed by atoms with Gasteiger partial charge >= 0.3 is 0 Å². The summed E-state index contributed by atoms with van der Waals surface area (Å²) in [5.74, 6) is -0.712. The third-order valence-corrected chi connectivity index (χ3v) is 5.70. The number of halogens is 2. The van der Waals surface area contributed by atoms with E-state index in [1.807, 2.05) is 19.9 Å². The Morgan fingerprint density at radius 3 is 2.09 bits per heavy atom. The Hall–Kier alpha value is -1.59. The highest BCUT2D eigenvalue weighted by molar-refractivity contribution is 7.92. The van der Waals surface area contributed by atoms with Gasteiger partial charge in [-0.3, -0.25) is 4.72 Å². The van der Waals surface area contributed by atoms with Gasteiger partial charge in [0.15, 0.2) is 0 Å². The molecule has 0 aliphatic rings. The van der Waals surface area contributed by atoms with Crippen LogP contribution in [0.25, 0.3) is 0 Å². The quantitative estimate of drug-likeness (QED) is 0.892. The summed E-state index contributed by atoms with van der Waals surface area (Å²) in [4.78, 5) is 0.171. The molecule has 0 spiro atoms. The lowest BCUT2D eigenvalue weighted by Crippen LogP contribution is -2.18. The van der Waals surface area contributed by atoms with Crippen LogP contribution in [0.2, 0.25) is 5.02 Å². The first-order valence-corrected chi connectivity index (χ1v) is 8.55. The molecule has 3 nitrogen and oxygen atoms in total. The minimum Gasteiger partial charge on any atom is -0.275 e. The van der Waals surface area contributed by atoms with Crippen LogP contribution in [-0.4, -0.2) is 8.42 Å². The summed E-state index contributed by atoms with van der Waals surface area (Å²) in [6.07, 6.45) is 0. The van der Waals surface area contributed by atoms with Gasteiger partial charge in [0, 0.05) is 0 Å². The molecule has 0 saturated heterocycles. The molecule has 2 aromatic rings. The van der Waals surface area contributed by atoms with Gasteiger partial charge in [-0.25, -0.2) is 12.8 Å². The van der Waals surface area contributed by atoms with Crippen LogP contribution in [-0.2, 0) is 10.0 Å². The Morgan fingerprint density at radius 1 is 1.05 bits per heavy atom. The smallest absolute Gasteiger partial charge is 0.262 e. The van der Waals surface area contributed by atoms with Crippen LogP contribution in [0.15, 0.2) is 29.2 Å².